The lowest BCUT2D eigenvalue weighted by Crippen LogP contribution is -2.19. The summed E-state index contributed by atoms with van der Waals surface area (Å²) in [4.78, 5) is 8.46. The molecule has 1 aromatic heterocycles. The van der Waals surface area contributed by atoms with Crippen molar-refractivity contribution in [3.05, 3.63) is 78.1 Å². The Bertz CT molecular complexity index is 1040. The second kappa shape index (κ2) is 10.0. The highest BCUT2D eigenvalue weighted by Crippen LogP contribution is 2.29. The zero-order valence-electron chi connectivity index (χ0n) is 16.8. The summed E-state index contributed by atoms with van der Waals surface area (Å²) in [6.45, 7) is 2.35. The summed E-state index contributed by atoms with van der Waals surface area (Å²) in [6, 6.07) is 17.9. The average Bonchev–Trinajstić information content (AvgIpc) is 2.75. The van der Waals surface area contributed by atoms with Gasteiger partial charge in [-0.25, -0.2) is 4.99 Å². The van der Waals surface area contributed by atoms with Crippen LogP contribution in [0.3, 0.4) is 0 Å². The summed E-state index contributed by atoms with van der Waals surface area (Å²) in [5.41, 5.74) is 8.08. The molecule has 1 atom stereocenters. The number of hydrogen-bond acceptors (Lipinski definition) is 6. The van der Waals surface area contributed by atoms with Crippen LogP contribution in [0.2, 0.25) is 0 Å². The lowest BCUT2D eigenvalue weighted by molar-refractivity contribution is 0.0919. The minimum absolute atomic E-state index is 0.163. The molecule has 0 radical (unpaired) electrons. The normalized spacial score (nSPS) is 12.1. The number of rotatable bonds is 8. The van der Waals surface area contributed by atoms with Crippen molar-refractivity contribution in [3.63, 3.8) is 0 Å². The second-order valence-corrected chi connectivity index (χ2v) is 6.52. The molecule has 0 saturated carbocycles. The minimum Gasteiger partial charge on any atom is -0.488 e. The Morgan fingerprint density at radius 1 is 1.13 bits per heavy atom. The van der Waals surface area contributed by atoms with Crippen molar-refractivity contribution in [1.29, 1.82) is 5.26 Å². The number of pyridine rings is 1. The van der Waals surface area contributed by atoms with Crippen LogP contribution in [-0.2, 0) is 4.74 Å². The smallest absolute Gasteiger partial charge is 0.131 e. The van der Waals surface area contributed by atoms with E-state index in [1.165, 1.54) is 0 Å². The quantitative estimate of drug-likeness (QED) is 0.447. The summed E-state index contributed by atoms with van der Waals surface area (Å²) in [7, 11) is 1.62. The highest BCUT2D eigenvalue weighted by Gasteiger charge is 2.11. The van der Waals surface area contributed by atoms with Crippen LogP contribution in [-0.4, -0.2) is 30.6 Å². The molecule has 0 amide bonds. The van der Waals surface area contributed by atoms with Crippen molar-refractivity contribution < 1.29 is 14.2 Å². The van der Waals surface area contributed by atoms with Crippen LogP contribution in [0.4, 0.5) is 5.69 Å². The van der Waals surface area contributed by atoms with Gasteiger partial charge in [-0.05, 0) is 55.5 Å². The van der Waals surface area contributed by atoms with E-state index in [1.54, 1.807) is 68.0 Å². The summed E-state index contributed by atoms with van der Waals surface area (Å²) in [5.74, 6) is 1.99. The first kappa shape index (κ1) is 20.8. The summed E-state index contributed by atoms with van der Waals surface area (Å²) >= 11 is 0. The highest BCUT2D eigenvalue weighted by atomic mass is 16.5. The largest absolute Gasteiger partial charge is 0.488 e. The first-order valence-corrected chi connectivity index (χ1v) is 9.30. The molecule has 30 heavy (non-hydrogen) atoms. The molecule has 2 aromatic carbocycles. The Balaban J connectivity index is 1.93. The van der Waals surface area contributed by atoms with E-state index in [4.69, 9.17) is 25.2 Å². The maximum Gasteiger partial charge on any atom is 0.131 e. The number of amidine groups is 1. The van der Waals surface area contributed by atoms with Gasteiger partial charge in [0.1, 0.15) is 29.2 Å². The number of methoxy groups -OCH3 is 1. The standard InChI is InChI=1S/C23H22N4O3/c1-16(15-28-2)29-21-10-18(23(25)27-19-4-3-9-26-14-19)11-22(12-21)30-20-7-5-17(13-24)6-8-20/h3-12,14,16H,15H2,1-2H3,(H2,25,27). The molecule has 0 fully saturated rings. The second-order valence-electron chi connectivity index (χ2n) is 6.52. The molecule has 0 spiro atoms. The molecular formula is C23H22N4O3. The molecule has 0 saturated heterocycles. The van der Waals surface area contributed by atoms with E-state index in [9.17, 15) is 0 Å². The molecule has 152 valence electrons. The van der Waals surface area contributed by atoms with Crippen LogP contribution >= 0.6 is 0 Å². The Morgan fingerprint density at radius 3 is 2.57 bits per heavy atom. The molecule has 0 aliphatic carbocycles. The summed E-state index contributed by atoms with van der Waals surface area (Å²) in [5, 5.41) is 8.95. The van der Waals surface area contributed by atoms with Crippen LogP contribution in [0, 0.1) is 11.3 Å². The molecule has 1 unspecified atom stereocenters. The van der Waals surface area contributed by atoms with E-state index < -0.39 is 0 Å². The first-order valence-electron chi connectivity index (χ1n) is 9.30. The molecule has 0 aliphatic heterocycles. The fourth-order valence-electron chi connectivity index (χ4n) is 2.70. The molecule has 0 bridgehead atoms. The first-order chi connectivity index (χ1) is 14.6. The SMILES string of the molecule is COCC(C)Oc1cc(Oc2ccc(C#N)cc2)cc(C(N)=Nc2cccnc2)c1. The Kier molecular flexibility index (Phi) is 6.98. The molecule has 7 heteroatoms. The molecule has 1 heterocycles. The lowest BCUT2D eigenvalue weighted by Gasteiger charge is -2.16. The van der Waals surface area contributed by atoms with E-state index in [0.717, 1.165) is 0 Å². The maximum absolute atomic E-state index is 8.95. The van der Waals surface area contributed by atoms with Gasteiger partial charge in [-0.15, -0.1) is 0 Å². The highest BCUT2D eigenvalue weighted by molar-refractivity contribution is 5.99. The molecule has 0 aliphatic rings. The van der Waals surface area contributed by atoms with Gasteiger partial charge in [-0.2, -0.15) is 5.26 Å². The van der Waals surface area contributed by atoms with E-state index >= 15 is 0 Å². The van der Waals surface area contributed by atoms with Crippen LogP contribution in [0.15, 0.2) is 72.0 Å². The number of nitrogens with zero attached hydrogens (tertiary/aromatic N) is 3. The summed E-state index contributed by atoms with van der Waals surface area (Å²) < 4.78 is 17.0. The van der Waals surface area contributed by atoms with Crippen molar-refractivity contribution in [2.75, 3.05) is 13.7 Å². The lowest BCUT2D eigenvalue weighted by atomic mass is 10.1. The van der Waals surface area contributed by atoms with Crippen molar-refractivity contribution >= 4 is 11.5 Å². The number of aliphatic imine (C=N–C) groups is 1. The number of ether oxygens (including phenoxy) is 3. The Labute approximate surface area is 175 Å². The van der Waals surface area contributed by atoms with Crippen molar-refractivity contribution in [1.82, 2.24) is 4.98 Å². The van der Waals surface area contributed by atoms with Gasteiger partial charge >= 0.3 is 0 Å². The number of nitrogens with two attached hydrogens (primary N) is 1. The van der Waals surface area contributed by atoms with E-state index in [0.29, 0.717) is 46.5 Å². The van der Waals surface area contributed by atoms with E-state index in [-0.39, 0.29) is 6.10 Å². The molecule has 2 N–H and O–H groups in total. The van der Waals surface area contributed by atoms with Crippen molar-refractivity contribution in [2.45, 2.75) is 13.0 Å². The van der Waals surface area contributed by atoms with E-state index in [1.807, 2.05) is 13.0 Å². The maximum atomic E-state index is 8.95. The Hall–Kier alpha value is -3.89. The number of hydrogen-bond donors (Lipinski definition) is 1. The van der Waals surface area contributed by atoms with Gasteiger partial charge in [-0.3, -0.25) is 4.98 Å². The van der Waals surface area contributed by atoms with Crippen LogP contribution in [0.5, 0.6) is 17.2 Å². The number of nitriles is 1. The predicted octanol–water partition coefficient (Wildman–Crippen LogP) is 4.20. The van der Waals surface area contributed by atoms with Gasteiger partial charge in [0.15, 0.2) is 0 Å². The average molecular weight is 402 g/mol. The number of benzene rings is 2. The third-order valence-corrected chi connectivity index (χ3v) is 4.03. The van der Waals surface area contributed by atoms with Crippen molar-refractivity contribution in [3.8, 4) is 23.3 Å². The molecular weight excluding hydrogens is 380 g/mol. The van der Waals surface area contributed by atoms with Crippen LogP contribution < -0.4 is 15.2 Å². The Morgan fingerprint density at radius 2 is 1.90 bits per heavy atom. The van der Waals surface area contributed by atoms with E-state index in [2.05, 4.69) is 16.0 Å². The minimum atomic E-state index is -0.163. The van der Waals surface area contributed by atoms with Crippen LogP contribution in [0.25, 0.3) is 0 Å². The zero-order chi connectivity index (χ0) is 21.3. The van der Waals surface area contributed by atoms with Crippen molar-refractivity contribution in [2.24, 2.45) is 10.7 Å². The van der Waals surface area contributed by atoms with Gasteiger partial charge < -0.3 is 19.9 Å². The predicted molar refractivity (Wildman–Crippen MR) is 114 cm³/mol. The van der Waals surface area contributed by atoms with Gasteiger partial charge in [0.25, 0.3) is 0 Å². The third-order valence-electron chi connectivity index (χ3n) is 4.03. The molecule has 3 aromatic rings. The third kappa shape index (κ3) is 5.80. The van der Waals surface area contributed by atoms with Gasteiger partial charge in [0.2, 0.25) is 0 Å². The molecule has 7 nitrogen and oxygen atoms in total. The van der Waals surface area contributed by atoms with Gasteiger partial charge in [0.05, 0.1) is 30.1 Å². The van der Waals surface area contributed by atoms with Gasteiger partial charge in [0, 0.05) is 24.9 Å². The number of aromatic nitrogens is 1. The van der Waals surface area contributed by atoms with Crippen LogP contribution in [0.1, 0.15) is 18.1 Å². The van der Waals surface area contributed by atoms with Gasteiger partial charge in [-0.1, -0.05) is 0 Å². The topological polar surface area (TPSA) is 103 Å². The fourth-order valence-corrected chi connectivity index (χ4v) is 2.70. The molecule has 3 rings (SSSR count). The summed E-state index contributed by atoms with van der Waals surface area (Å²) in [6.07, 6.45) is 3.14. The fraction of sp³-hybridized carbons (Fsp3) is 0.174. The monoisotopic (exact) mass is 402 g/mol. The zero-order valence-corrected chi connectivity index (χ0v) is 16.8.